The van der Waals surface area contributed by atoms with Crippen molar-refractivity contribution in [2.45, 2.75) is 106 Å². The third kappa shape index (κ3) is 14.0. The first-order valence-corrected chi connectivity index (χ1v) is 48.3. The highest BCUT2D eigenvalue weighted by Crippen LogP contribution is 2.58. The van der Waals surface area contributed by atoms with Crippen molar-refractivity contribution in [3.8, 4) is 145 Å². The summed E-state index contributed by atoms with van der Waals surface area (Å²) in [6, 6.07) is 156. The fraction of sp³-hybridized carbons (Fsp3) is 0.118. The number of benzene rings is 22. The van der Waals surface area contributed by atoms with Crippen molar-refractivity contribution in [3.05, 3.63) is 491 Å². The van der Waals surface area contributed by atoms with E-state index in [-0.39, 0.29) is 16.2 Å². The second-order valence-corrected chi connectivity index (χ2v) is 40.0. The zero-order valence-corrected chi connectivity index (χ0v) is 79.8. The van der Waals surface area contributed by atoms with Crippen molar-refractivity contribution in [1.82, 2.24) is 0 Å². The van der Waals surface area contributed by atoms with Crippen LogP contribution in [-0.4, -0.2) is 0 Å². The zero-order chi connectivity index (χ0) is 92.7. The van der Waals surface area contributed by atoms with Gasteiger partial charge in [-0.3, -0.25) is 0 Å². The molecule has 0 N–H and O–H groups in total. The Morgan fingerprint density at radius 3 is 0.735 bits per heavy atom. The van der Waals surface area contributed by atoms with Crippen LogP contribution in [0.2, 0.25) is 0 Å². The zero-order valence-electron chi connectivity index (χ0n) is 79.8. The SMILES string of the molecule is Cc1ccc2c(-c3c(C)c(C)cc(C)c3C)c3ccccc3c(-c3ccc4c(c3)C(C)(C)c3ccccc3-4)c2c1.Cc1ccc2c(-c3cc(-c4ccccc4)cc(-c4ccccc4)c3)c3ccccc3c(-c3ccc4c(c3)C(C)(C)c3ccccc3-4)c2c1.Cc1ccc2c(-c3ccc(-c4ccccc4)c(-c4ccccc4)c3)c3ccccc3c(-c3ccc4c(c3)C(C)(C)c3ccccc3-4)c2c1. The maximum Gasteiger partial charge on any atom is 0.0159 e. The molecular formula is C136H108. The number of hydrogen-bond acceptors (Lipinski definition) is 0. The molecule has 3 aliphatic carbocycles. The van der Waals surface area contributed by atoms with E-state index in [1.54, 1.807) is 0 Å². The highest BCUT2D eigenvalue weighted by atomic mass is 14.4. The number of rotatable bonds is 10. The molecule has 0 aliphatic heterocycles. The average Bonchev–Trinajstić information content (AvgIpc) is 1.33. The molecule has 0 saturated heterocycles. The lowest BCUT2D eigenvalue weighted by molar-refractivity contribution is 0.660. The van der Waals surface area contributed by atoms with E-state index in [1.807, 2.05) is 0 Å². The number of fused-ring (bicyclic) bond motifs is 15. The molecule has 0 atom stereocenters. The van der Waals surface area contributed by atoms with E-state index < -0.39 is 0 Å². The van der Waals surface area contributed by atoms with E-state index >= 15 is 0 Å². The van der Waals surface area contributed by atoms with E-state index in [0.29, 0.717) is 0 Å². The van der Waals surface area contributed by atoms with E-state index in [1.165, 1.54) is 282 Å². The standard InChI is InChI=1S/2C48H36.C40H36/c1-31-22-25-41-43(28-31)47(35-24-27-38-37-18-12-13-21-44(37)48(2,3)45(38)30-35)40-20-11-10-19-39(40)46(41)34-23-26-36(32-14-6-4-7-15-32)42(29-34)33-16-8-5-9-17-33;1-31-22-24-42-43(26-31)46(34-23-25-39-38-18-12-13-21-44(38)48(2,3)45(39)30-34)40-19-10-11-20-41(40)47(42)37-28-35(32-14-6-4-7-15-32)27-36(29-37)33-16-8-5-9-17-33;1-23-16-18-33-34(20-23)38(28-17-19-30-29-12-10-11-15-35(29)40(6,7)36(30)22-28)31-13-8-9-14-32(31)39(33)37-26(4)24(2)21-25(3)27(37)5/h2*4-30H,1-3H3;8-22H,1-7H3. The predicted molar refractivity (Wildman–Crippen MR) is 585 cm³/mol. The van der Waals surface area contributed by atoms with Crippen LogP contribution in [-0.2, 0) is 16.2 Å². The van der Waals surface area contributed by atoms with E-state index in [9.17, 15) is 0 Å². The van der Waals surface area contributed by atoms with Gasteiger partial charge in [0.1, 0.15) is 0 Å². The summed E-state index contributed by atoms with van der Waals surface area (Å²) >= 11 is 0. The highest BCUT2D eigenvalue weighted by Gasteiger charge is 2.39. The molecule has 3 aliphatic rings. The van der Waals surface area contributed by atoms with Crippen molar-refractivity contribution in [2.75, 3.05) is 0 Å². The molecule has 25 rings (SSSR count). The minimum Gasteiger partial charge on any atom is -0.0622 e. The summed E-state index contributed by atoms with van der Waals surface area (Å²) in [4.78, 5) is 0. The average molecular weight is 1740 g/mol. The van der Waals surface area contributed by atoms with Gasteiger partial charge in [-0.15, -0.1) is 0 Å². The van der Waals surface area contributed by atoms with Gasteiger partial charge in [-0.05, 0) is 356 Å². The Kier molecular flexibility index (Phi) is 20.7. The second-order valence-electron chi connectivity index (χ2n) is 40.0. The van der Waals surface area contributed by atoms with Crippen molar-refractivity contribution < 1.29 is 0 Å². The summed E-state index contributed by atoms with van der Waals surface area (Å²) in [5.41, 5.74) is 51.2. The van der Waals surface area contributed by atoms with Gasteiger partial charge < -0.3 is 0 Å². The summed E-state index contributed by atoms with van der Waals surface area (Å²) < 4.78 is 0. The largest absolute Gasteiger partial charge is 0.0622 e. The van der Waals surface area contributed by atoms with Crippen LogP contribution in [0.3, 0.4) is 0 Å². The van der Waals surface area contributed by atoms with Gasteiger partial charge in [0.15, 0.2) is 0 Å². The summed E-state index contributed by atoms with van der Waals surface area (Å²) in [7, 11) is 0. The maximum atomic E-state index is 2.48. The minimum atomic E-state index is -0.0604. The lowest BCUT2D eigenvalue weighted by Crippen LogP contribution is -2.14. The fourth-order valence-corrected chi connectivity index (χ4v) is 23.7. The van der Waals surface area contributed by atoms with Gasteiger partial charge in [-0.25, -0.2) is 0 Å². The first kappa shape index (κ1) is 84.6. The molecule has 0 bridgehead atoms. The summed E-state index contributed by atoms with van der Waals surface area (Å²) in [6.07, 6.45) is 0. The third-order valence-electron chi connectivity index (χ3n) is 30.7. The Morgan fingerprint density at radius 2 is 0.382 bits per heavy atom. The first-order valence-electron chi connectivity index (χ1n) is 48.3. The van der Waals surface area contributed by atoms with Gasteiger partial charge in [-0.1, -0.05) is 434 Å². The van der Waals surface area contributed by atoms with Gasteiger partial charge in [0, 0.05) is 16.2 Å². The molecule has 652 valence electrons. The second kappa shape index (κ2) is 33.2. The van der Waals surface area contributed by atoms with Crippen LogP contribution < -0.4 is 0 Å². The van der Waals surface area contributed by atoms with Crippen LogP contribution in [0.5, 0.6) is 0 Å². The van der Waals surface area contributed by atoms with Gasteiger partial charge in [0.2, 0.25) is 0 Å². The highest BCUT2D eigenvalue weighted by molar-refractivity contribution is 6.25. The van der Waals surface area contributed by atoms with Crippen LogP contribution >= 0.6 is 0 Å². The van der Waals surface area contributed by atoms with Crippen molar-refractivity contribution >= 4 is 64.6 Å². The quantitative estimate of drug-likeness (QED) is 0.120. The molecule has 0 aromatic heterocycles. The molecular weight excluding hydrogens is 1630 g/mol. The number of aryl methyl sites for hydroxylation is 5. The van der Waals surface area contributed by atoms with Crippen LogP contribution in [0.25, 0.3) is 209 Å². The smallest absolute Gasteiger partial charge is 0.0159 e. The maximum absolute atomic E-state index is 2.48. The van der Waals surface area contributed by atoms with Crippen molar-refractivity contribution in [2.24, 2.45) is 0 Å². The molecule has 22 aromatic carbocycles. The van der Waals surface area contributed by atoms with Crippen molar-refractivity contribution in [3.63, 3.8) is 0 Å². The lowest BCUT2D eigenvalue weighted by Gasteiger charge is -2.24. The Morgan fingerprint density at radius 1 is 0.132 bits per heavy atom. The number of hydrogen-bond donors (Lipinski definition) is 0. The molecule has 0 heterocycles. The van der Waals surface area contributed by atoms with Crippen molar-refractivity contribution in [1.29, 1.82) is 0 Å². The molecule has 0 spiro atoms. The van der Waals surface area contributed by atoms with Gasteiger partial charge in [-0.2, -0.15) is 0 Å². The van der Waals surface area contributed by atoms with Gasteiger partial charge in [0.05, 0.1) is 0 Å². The Bertz CT molecular complexity index is 8560. The Balaban J connectivity index is 0.000000115. The molecule has 136 heavy (non-hydrogen) atoms. The summed E-state index contributed by atoms with van der Waals surface area (Å²) in [5, 5.41) is 15.6. The van der Waals surface area contributed by atoms with Crippen LogP contribution in [0.1, 0.15) is 114 Å². The molecule has 0 saturated carbocycles. The molecule has 0 amide bonds. The fourth-order valence-electron chi connectivity index (χ4n) is 23.7. The summed E-state index contributed by atoms with van der Waals surface area (Å²) in [6.45, 7) is 29.9. The molecule has 0 radical (unpaired) electrons. The normalized spacial score (nSPS) is 13.2. The Labute approximate surface area is 800 Å². The van der Waals surface area contributed by atoms with Crippen LogP contribution in [0.15, 0.2) is 419 Å². The van der Waals surface area contributed by atoms with Crippen LogP contribution in [0.4, 0.5) is 0 Å². The lowest BCUT2D eigenvalue weighted by atomic mass is 9.79. The monoisotopic (exact) mass is 1740 g/mol. The van der Waals surface area contributed by atoms with E-state index in [4.69, 9.17) is 0 Å². The van der Waals surface area contributed by atoms with Gasteiger partial charge >= 0.3 is 0 Å². The summed E-state index contributed by atoms with van der Waals surface area (Å²) in [5.74, 6) is 0. The molecule has 0 unspecified atom stereocenters. The molecule has 22 aromatic rings. The van der Waals surface area contributed by atoms with E-state index in [0.717, 1.165) is 0 Å². The minimum absolute atomic E-state index is 0.0310. The molecule has 0 nitrogen and oxygen atoms in total. The van der Waals surface area contributed by atoms with Crippen LogP contribution in [0, 0.1) is 48.5 Å². The third-order valence-corrected chi connectivity index (χ3v) is 30.7. The molecule has 0 heteroatoms. The topological polar surface area (TPSA) is 0 Å². The van der Waals surface area contributed by atoms with Gasteiger partial charge in [0.25, 0.3) is 0 Å². The molecule has 0 fully saturated rings. The van der Waals surface area contributed by atoms with E-state index in [2.05, 4.69) is 509 Å². The Hall–Kier alpha value is -15.6. The predicted octanol–water partition coefficient (Wildman–Crippen LogP) is 37.7. The first-order chi connectivity index (χ1) is 66.1.